The van der Waals surface area contributed by atoms with Gasteiger partial charge in [-0.25, -0.2) is 0 Å². The van der Waals surface area contributed by atoms with Crippen molar-refractivity contribution < 1.29 is 29.5 Å². The van der Waals surface area contributed by atoms with E-state index in [1.807, 2.05) is 24.3 Å². The molecule has 2 atom stereocenters. The normalized spacial score (nSPS) is 19.3. The molecule has 0 aliphatic carbocycles. The molecule has 0 amide bonds. The Labute approximate surface area is 145 Å². The maximum atomic E-state index is 9.70. The van der Waals surface area contributed by atoms with E-state index < -0.39 is 12.2 Å². The molecule has 2 unspecified atom stereocenters. The van der Waals surface area contributed by atoms with E-state index in [-0.39, 0.29) is 18.1 Å². The van der Waals surface area contributed by atoms with E-state index in [0.29, 0.717) is 23.7 Å². The van der Waals surface area contributed by atoms with Crippen LogP contribution in [0, 0.1) is 0 Å². The average Bonchev–Trinajstić information content (AvgIpc) is 2.63. The molecule has 0 saturated carbocycles. The average molecular weight is 344 g/mol. The number of aromatic hydroxyl groups is 2. The van der Waals surface area contributed by atoms with Crippen molar-refractivity contribution in [3.63, 3.8) is 0 Å². The van der Waals surface area contributed by atoms with Crippen LogP contribution in [0.3, 0.4) is 0 Å². The number of ether oxygens (including phenoxy) is 3. The molecule has 132 valence electrons. The van der Waals surface area contributed by atoms with Crippen LogP contribution in [-0.2, 0) is 4.74 Å². The van der Waals surface area contributed by atoms with Crippen molar-refractivity contribution in [1.82, 2.24) is 0 Å². The summed E-state index contributed by atoms with van der Waals surface area (Å²) in [5.41, 5.74) is 1.53. The van der Waals surface area contributed by atoms with Crippen LogP contribution in [0.1, 0.15) is 17.2 Å². The molecule has 3 rings (SSSR count). The number of fused-ring (bicyclic) bond motifs is 1. The van der Waals surface area contributed by atoms with Crippen LogP contribution >= 0.6 is 0 Å². The minimum absolute atomic E-state index is 0.214. The molecule has 0 spiro atoms. The van der Waals surface area contributed by atoms with E-state index in [9.17, 15) is 15.3 Å². The van der Waals surface area contributed by atoms with Gasteiger partial charge >= 0.3 is 0 Å². The molecule has 2 aromatic carbocycles. The van der Waals surface area contributed by atoms with E-state index in [1.54, 1.807) is 19.2 Å². The quantitative estimate of drug-likeness (QED) is 0.723. The Morgan fingerprint density at radius 3 is 2.60 bits per heavy atom. The SMILES string of the molecule is COCC=Cc1ccc2c(c1)OC(CO)C(c1ccc(O)c(O)c1)O2. The second kappa shape index (κ2) is 7.46. The number of rotatable bonds is 5. The van der Waals surface area contributed by atoms with Crippen molar-refractivity contribution in [1.29, 1.82) is 0 Å². The lowest BCUT2D eigenvalue weighted by atomic mass is 10.0. The first-order valence-corrected chi connectivity index (χ1v) is 7.88. The largest absolute Gasteiger partial charge is 0.504 e. The van der Waals surface area contributed by atoms with Gasteiger partial charge in [0.1, 0.15) is 0 Å². The number of phenols is 2. The predicted molar refractivity (Wildman–Crippen MR) is 92.0 cm³/mol. The minimum Gasteiger partial charge on any atom is -0.504 e. The Morgan fingerprint density at radius 2 is 1.88 bits per heavy atom. The lowest BCUT2D eigenvalue weighted by molar-refractivity contribution is -0.0124. The van der Waals surface area contributed by atoms with Crippen molar-refractivity contribution in [2.75, 3.05) is 20.3 Å². The fourth-order valence-corrected chi connectivity index (χ4v) is 2.67. The van der Waals surface area contributed by atoms with Crippen LogP contribution in [0.15, 0.2) is 42.5 Å². The first-order chi connectivity index (χ1) is 12.1. The molecule has 2 aromatic rings. The molecule has 3 N–H and O–H groups in total. The molecular weight excluding hydrogens is 324 g/mol. The highest BCUT2D eigenvalue weighted by molar-refractivity contribution is 5.56. The zero-order valence-electron chi connectivity index (χ0n) is 13.8. The van der Waals surface area contributed by atoms with Crippen molar-refractivity contribution in [3.8, 4) is 23.0 Å². The monoisotopic (exact) mass is 344 g/mol. The van der Waals surface area contributed by atoms with E-state index in [1.165, 1.54) is 12.1 Å². The zero-order chi connectivity index (χ0) is 17.8. The summed E-state index contributed by atoms with van der Waals surface area (Å²) in [5, 5.41) is 28.8. The molecule has 0 bridgehead atoms. The third-order valence-corrected chi connectivity index (χ3v) is 3.92. The lowest BCUT2D eigenvalue weighted by Crippen LogP contribution is -2.36. The second-order valence-corrected chi connectivity index (χ2v) is 5.69. The molecule has 1 heterocycles. The summed E-state index contributed by atoms with van der Waals surface area (Å²) < 4.78 is 16.8. The highest BCUT2D eigenvalue weighted by Crippen LogP contribution is 2.41. The smallest absolute Gasteiger partial charge is 0.163 e. The van der Waals surface area contributed by atoms with Gasteiger partial charge in [-0.3, -0.25) is 0 Å². The highest BCUT2D eigenvalue weighted by atomic mass is 16.6. The van der Waals surface area contributed by atoms with Crippen LogP contribution in [0.2, 0.25) is 0 Å². The third-order valence-electron chi connectivity index (χ3n) is 3.92. The molecule has 25 heavy (non-hydrogen) atoms. The van der Waals surface area contributed by atoms with Crippen molar-refractivity contribution in [3.05, 3.63) is 53.6 Å². The first kappa shape index (κ1) is 17.1. The third kappa shape index (κ3) is 3.70. The van der Waals surface area contributed by atoms with Crippen molar-refractivity contribution >= 4 is 6.08 Å². The summed E-state index contributed by atoms with van der Waals surface area (Å²) in [5.74, 6) is 0.625. The molecule has 6 heteroatoms. The van der Waals surface area contributed by atoms with Crippen LogP contribution in [0.5, 0.6) is 23.0 Å². The summed E-state index contributed by atoms with van der Waals surface area (Å²) in [6.45, 7) is 0.260. The van der Waals surface area contributed by atoms with E-state index in [2.05, 4.69) is 0 Å². The van der Waals surface area contributed by atoms with Crippen molar-refractivity contribution in [2.45, 2.75) is 12.2 Å². The lowest BCUT2D eigenvalue weighted by Gasteiger charge is -2.33. The fraction of sp³-hybridized carbons (Fsp3) is 0.263. The number of phenolic OH excluding ortho intramolecular Hbond substituents is 2. The highest BCUT2D eigenvalue weighted by Gasteiger charge is 2.33. The molecule has 0 aromatic heterocycles. The molecular formula is C19H20O6. The van der Waals surface area contributed by atoms with Gasteiger partial charge in [-0.15, -0.1) is 0 Å². The Kier molecular flexibility index (Phi) is 5.11. The van der Waals surface area contributed by atoms with Gasteiger partial charge < -0.3 is 29.5 Å². The van der Waals surface area contributed by atoms with Gasteiger partial charge in [0.15, 0.2) is 35.2 Å². The molecule has 0 saturated heterocycles. The number of aliphatic hydroxyl groups excluding tert-OH is 1. The molecule has 1 aliphatic rings. The maximum Gasteiger partial charge on any atom is 0.163 e. The Morgan fingerprint density at radius 1 is 1.04 bits per heavy atom. The van der Waals surface area contributed by atoms with Crippen LogP contribution in [0.25, 0.3) is 6.08 Å². The Bertz CT molecular complexity index is 771. The van der Waals surface area contributed by atoms with Gasteiger partial charge in [-0.2, -0.15) is 0 Å². The number of hydrogen-bond acceptors (Lipinski definition) is 6. The van der Waals surface area contributed by atoms with E-state index >= 15 is 0 Å². The standard InChI is InChI=1S/C19H20O6/c1-23-8-2-3-12-4-7-16-17(9-12)24-18(11-20)19(25-16)13-5-6-14(21)15(22)10-13/h2-7,9-10,18-22H,8,11H2,1H3. The summed E-state index contributed by atoms with van der Waals surface area (Å²) in [4.78, 5) is 0. The van der Waals surface area contributed by atoms with Gasteiger partial charge in [0.25, 0.3) is 0 Å². The van der Waals surface area contributed by atoms with Gasteiger partial charge in [0.05, 0.1) is 13.2 Å². The molecule has 0 radical (unpaired) electrons. The summed E-state index contributed by atoms with van der Waals surface area (Å²) in [6, 6.07) is 9.91. The number of aliphatic hydroxyl groups is 1. The Balaban J connectivity index is 1.87. The van der Waals surface area contributed by atoms with Gasteiger partial charge in [-0.05, 0) is 29.8 Å². The zero-order valence-corrected chi connectivity index (χ0v) is 13.8. The molecule has 6 nitrogen and oxygen atoms in total. The Hall–Kier alpha value is -2.70. The number of methoxy groups -OCH3 is 1. The second-order valence-electron chi connectivity index (χ2n) is 5.69. The van der Waals surface area contributed by atoms with Crippen LogP contribution in [-0.4, -0.2) is 41.7 Å². The number of hydrogen-bond donors (Lipinski definition) is 3. The van der Waals surface area contributed by atoms with Crippen LogP contribution in [0.4, 0.5) is 0 Å². The molecule has 0 fully saturated rings. The first-order valence-electron chi connectivity index (χ1n) is 7.88. The van der Waals surface area contributed by atoms with Gasteiger partial charge in [-0.1, -0.05) is 24.3 Å². The number of benzene rings is 2. The van der Waals surface area contributed by atoms with Crippen molar-refractivity contribution in [2.24, 2.45) is 0 Å². The van der Waals surface area contributed by atoms with E-state index in [4.69, 9.17) is 14.2 Å². The van der Waals surface area contributed by atoms with Gasteiger partial charge in [0.2, 0.25) is 0 Å². The van der Waals surface area contributed by atoms with Crippen LogP contribution < -0.4 is 9.47 Å². The fourth-order valence-electron chi connectivity index (χ4n) is 2.67. The summed E-state index contributed by atoms with van der Waals surface area (Å²) in [6.07, 6.45) is 2.57. The summed E-state index contributed by atoms with van der Waals surface area (Å²) in [7, 11) is 1.63. The topological polar surface area (TPSA) is 88.4 Å². The molecule has 1 aliphatic heterocycles. The van der Waals surface area contributed by atoms with Gasteiger partial charge in [0, 0.05) is 12.7 Å². The summed E-state index contributed by atoms with van der Waals surface area (Å²) >= 11 is 0. The maximum absolute atomic E-state index is 9.70. The minimum atomic E-state index is -0.630. The predicted octanol–water partition coefficient (Wildman–Crippen LogP) is 2.63. The van der Waals surface area contributed by atoms with E-state index in [0.717, 1.165) is 5.56 Å².